The van der Waals surface area contributed by atoms with Crippen molar-refractivity contribution in [2.45, 2.75) is 53.2 Å². The molecule has 0 aromatic heterocycles. The maximum atomic E-state index is 5.64. The second-order valence-corrected chi connectivity index (χ2v) is 5.35. The van der Waals surface area contributed by atoms with Crippen LogP contribution >= 0.6 is 0 Å². The lowest BCUT2D eigenvalue weighted by Crippen LogP contribution is -2.42. The Morgan fingerprint density at radius 1 is 0.867 bits per heavy atom. The summed E-state index contributed by atoms with van der Waals surface area (Å²) in [6.45, 7) is 11.1. The molecule has 0 saturated heterocycles. The highest BCUT2D eigenvalue weighted by Crippen LogP contribution is 2.33. The second kappa shape index (κ2) is 6.49. The molecule has 2 heteroatoms. The summed E-state index contributed by atoms with van der Waals surface area (Å²) in [6, 6.07) is 0. The van der Waals surface area contributed by atoms with Gasteiger partial charge in [0.1, 0.15) is 0 Å². The highest BCUT2D eigenvalue weighted by atomic mass is 16.7. The smallest absolute Gasteiger partial charge is 0.170 e. The van der Waals surface area contributed by atoms with E-state index in [4.69, 9.17) is 9.47 Å². The lowest BCUT2D eigenvalue weighted by Gasteiger charge is -2.38. The minimum atomic E-state index is -0.404. The highest BCUT2D eigenvalue weighted by molar-refractivity contribution is 4.78. The highest BCUT2D eigenvalue weighted by Gasteiger charge is 2.37. The summed E-state index contributed by atoms with van der Waals surface area (Å²) >= 11 is 0. The van der Waals surface area contributed by atoms with E-state index >= 15 is 0 Å². The molecule has 92 valence electrons. The van der Waals surface area contributed by atoms with Crippen molar-refractivity contribution in [3.63, 3.8) is 0 Å². The SMILES string of the molecule is COC(CC(C)C)(OC)C(C)CC(C)C. The fourth-order valence-corrected chi connectivity index (χ4v) is 2.31. The molecule has 0 radical (unpaired) electrons. The Morgan fingerprint density at radius 3 is 1.60 bits per heavy atom. The minimum absolute atomic E-state index is 0.404. The Bertz CT molecular complexity index is 160. The molecule has 0 bridgehead atoms. The van der Waals surface area contributed by atoms with Crippen molar-refractivity contribution in [2.24, 2.45) is 17.8 Å². The largest absolute Gasteiger partial charge is 0.353 e. The van der Waals surface area contributed by atoms with Crippen LogP contribution in [0, 0.1) is 17.8 Å². The van der Waals surface area contributed by atoms with E-state index in [2.05, 4.69) is 34.6 Å². The molecule has 0 fully saturated rings. The van der Waals surface area contributed by atoms with Gasteiger partial charge in [-0.3, -0.25) is 0 Å². The van der Waals surface area contributed by atoms with Crippen molar-refractivity contribution >= 4 is 0 Å². The van der Waals surface area contributed by atoms with Gasteiger partial charge >= 0.3 is 0 Å². The van der Waals surface area contributed by atoms with E-state index < -0.39 is 5.79 Å². The summed E-state index contributed by atoms with van der Waals surface area (Å²) in [5.41, 5.74) is 0. The standard InChI is InChI=1S/C13H28O2/c1-10(2)8-12(5)13(14-6,15-7)9-11(3)4/h10-12H,8-9H2,1-7H3. The van der Waals surface area contributed by atoms with Crippen molar-refractivity contribution in [1.82, 2.24) is 0 Å². The maximum absolute atomic E-state index is 5.64. The van der Waals surface area contributed by atoms with E-state index in [9.17, 15) is 0 Å². The van der Waals surface area contributed by atoms with Crippen molar-refractivity contribution in [3.05, 3.63) is 0 Å². The third kappa shape index (κ3) is 4.52. The Hall–Kier alpha value is -0.0800. The number of hydrogen-bond donors (Lipinski definition) is 0. The predicted molar refractivity (Wildman–Crippen MR) is 64.8 cm³/mol. The van der Waals surface area contributed by atoms with Crippen molar-refractivity contribution in [3.8, 4) is 0 Å². The normalized spacial score (nSPS) is 15.0. The summed E-state index contributed by atoms with van der Waals surface area (Å²) in [4.78, 5) is 0. The zero-order valence-electron chi connectivity index (χ0n) is 11.5. The zero-order chi connectivity index (χ0) is 12.1. The molecule has 0 aromatic carbocycles. The van der Waals surface area contributed by atoms with Gasteiger partial charge in [-0.15, -0.1) is 0 Å². The first-order valence-corrected chi connectivity index (χ1v) is 5.98. The van der Waals surface area contributed by atoms with Gasteiger partial charge in [-0.05, 0) is 18.3 Å². The van der Waals surface area contributed by atoms with Crippen LogP contribution in [0.4, 0.5) is 0 Å². The van der Waals surface area contributed by atoms with Gasteiger partial charge in [-0.2, -0.15) is 0 Å². The third-order valence-corrected chi connectivity index (χ3v) is 2.96. The Balaban J connectivity index is 4.59. The lowest BCUT2D eigenvalue weighted by atomic mass is 9.86. The average molecular weight is 216 g/mol. The van der Waals surface area contributed by atoms with Crippen LogP contribution in [0.5, 0.6) is 0 Å². The van der Waals surface area contributed by atoms with Crippen LogP contribution < -0.4 is 0 Å². The third-order valence-electron chi connectivity index (χ3n) is 2.96. The first-order valence-electron chi connectivity index (χ1n) is 5.98. The number of ether oxygens (including phenoxy) is 2. The molecule has 0 saturated carbocycles. The molecule has 0 spiro atoms. The molecule has 0 aliphatic rings. The van der Waals surface area contributed by atoms with E-state index in [1.165, 1.54) is 0 Å². The molecule has 0 N–H and O–H groups in total. The summed E-state index contributed by atoms with van der Waals surface area (Å²) in [7, 11) is 3.51. The first kappa shape index (κ1) is 14.9. The maximum Gasteiger partial charge on any atom is 0.170 e. The number of rotatable bonds is 7. The van der Waals surface area contributed by atoms with Gasteiger partial charge in [0, 0.05) is 26.6 Å². The lowest BCUT2D eigenvalue weighted by molar-refractivity contribution is -0.247. The van der Waals surface area contributed by atoms with Gasteiger partial charge in [0.2, 0.25) is 0 Å². The van der Waals surface area contributed by atoms with E-state index in [1.807, 2.05) is 0 Å². The van der Waals surface area contributed by atoms with Gasteiger partial charge in [0.05, 0.1) is 0 Å². The fourth-order valence-electron chi connectivity index (χ4n) is 2.31. The molecule has 0 aliphatic carbocycles. The molecule has 0 aromatic rings. The van der Waals surface area contributed by atoms with Gasteiger partial charge in [-0.25, -0.2) is 0 Å². The molecule has 1 unspecified atom stereocenters. The van der Waals surface area contributed by atoms with Crippen LogP contribution in [0.1, 0.15) is 47.5 Å². The van der Waals surface area contributed by atoms with Crippen LogP contribution in [0.3, 0.4) is 0 Å². The van der Waals surface area contributed by atoms with Crippen LogP contribution in [-0.4, -0.2) is 20.0 Å². The first-order chi connectivity index (χ1) is 6.88. The summed E-state index contributed by atoms with van der Waals surface area (Å²) < 4.78 is 11.3. The minimum Gasteiger partial charge on any atom is -0.353 e. The van der Waals surface area contributed by atoms with Gasteiger partial charge < -0.3 is 9.47 Å². The average Bonchev–Trinajstić information content (AvgIpc) is 2.12. The molecule has 0 rings (SSSR count). The van der Waals surface area contributed by atoms with Gasteiger partial charge in [0.25, 0.3) is 0 Å². The summed E-state index contributed by atoms with van der Waals surface area (Å²) in [5, 5.41) is 0. The van der Waals surface area contributed by atoms with Crippen LogP contribution in [0.15, 0.2) is 0 Å². The van der Waals surface area contributed by atoms with Gasteiger partial charge in [0.15, 0.2) is 5.79 Å². The molecular formula is C13H28O2. The van der Waals surface area contributed by atoms with Crippen LogP contribution in [0.2, 0.25) is 0 Å². The molecular weight excluding hydrogens is 188 g/mol. The van der Waals surface area contributed by atoms with Crippen molar-refractivity contribution in [2.75, 3.05) is 14.2 Å². The summed E-state index contributed by atoms with van der Waals surface area (Å²) in [5.74, 6) is 1.28. The van der Waals surface area contributed by atoms with Gasteiger partial charge in [-0.1, -0.05) is 34.6 Å². The molecule has 15 heavy (non-hydrogen) atoms. The molecule has 0 amide bonds. The summed E-state index contributed by atoms with van der Waals surface area (Å²) in [6.07, 6.45) is 2.09. The van der Waals surface area contributed by atoms with E-state index in [-0.39, 0.29) is 0 Å². The number of hydrogen-bond acceptors (Lipinski definition) is 2. The molecule has 2 nitrogen and oxygen atoms in total. The second-order valence-electron chi connectivity index (χ2n) is 5.35. The monoisotopic (exact) mass is 216 g/mol. The molecule has 0 aliphatic heterocycles. The van der Waals surface area contributed by atoms with Crippen LogP contribution in [0.25, 0.3) is 0 Å². The predicted octanol–water partition coefficient (Wildman–Crippen LogP) is 3.70. The Labute approximate surface area is 95.3 Å². The zero-order valence-corrected chi connectivity index (χ0v) is 11.5. The molecule has 0 heterocycles. The Morgan fingerprint density at radius 2 is 1.33 bits per heavy atom. The van der Waals surface area contributed by atoms with Crippen LogP contribution in [-0.2, 0) is 9.47 Å². The fraction of sp³-hybridized carbons (Fsp3) is 1.00. The molecule has 1 atom stereocenters. The Kier molecular flexibility index (Phi) is 6.46. The topological polar surface area (TPSA) is 18.5 Å². The van der Waals surface area contributed by atoms with Crippen molar-refractivity contribution in [1.29, 1.82) is 0 Å². The van der Waals surface area contributed by atoms with E-state index in [0.717, 1.165) is 12.8 Å². The quantitative estimate of drug-likeness (QED) is 0.604. The van der Waals surface area contributed by atoms with E-state index in [0.29, 0.717) is 17.8 Å². The van der Waals surface area contributed by atoms with E-state index in [1.54, 1.807) is 14.2 Å². The van der Waals surface area contributed by atoms with Crippen molar-refractivity contribution < 1.29 is 9.47 Å². The number of methoxy groups -OCH3 is 2.